The van der Waals surface area contributed by atoms with Crippen LogP contribution in [0.1, 0.15) is 12.5 Å². The number of benzene rings is 2. The van der Waals surface area contributed by atoms with Crippen LogP contribution in [0.25, 0.3) is 0 Å². The number of sulfonamides is 1. The van der Waals surface area contributed by atoms with Gasteiger partial charge in [0.2, 0.25) is 16.9 Å². The fraction of sp³-hybridized carbons (Fsp3) is 0.190. The number of urea groups is 1. The third-order valence-electron chi connectivity index (χ3n) is 4.68. The first-order valence-corrected chi connectivity index (χ1v) is 13.0. The predicted octanol–water partition coefficient (Wildman–Crippen LogP) is 2.08. The smallest absolute Gasteiger partial charge is 0.329 e. The molecule has 3 rings (SSSR count). The molecule has 2 aromatic carbocycles. The van der Waals surface area contributed by atoms with Crippen LogP contribution in [0.4, 0.5) is 14.3 Å². The topological polar surface area (TPSA) is 162 Å². The lowest BCUT2D eigenvalue weighted by Crippen LogP contribution is -2.54. The van der Waals surface area contributed by atoms with Gasteiger partial charge in [0.15, 0.2) is 3.95 Å². The molecular weight excluding hydrogens is 531 g/mol. The highest BCUT2D eigenvalue weighted by molar-refractivity contribution is 7.90. The first-order chi connectivity index (χ1) is 17.0. The number of halogens is 1. The van der Waals surface area contributed by atoms with Gasteiger partial charge in [0.05, 0.1) is 4.90 Å². The SMILES string of the molecule is C[C@H](NC(=O)[C@H](Cc1ccccc1)NC(=O)NS(=O)(=O)c1ccc(F)cc1)C(=O)Nc1n[nH]c(=S)s1. The monoisotopic (exact) mass is 552 g/mol. The summed E-state index contributed by atoms with van der Waals surface area (Å²) in [6.45, 7) is 1.43. The normalized spacial score (nSPS) is 12.7. The van der Waals surface area contributed by atoms with Crippen molar-refractivity contribution in [1.29, 1.82) is 0 Å². The fourth-order valence-corrected chi connectivity index (χ4v) is 4.63. The molecule has 15 heteroatoms. The van der Waals surface area contributed by atoms with Gasteiger partial charge in [-0.3, -0.25) is 20.0 Å². The van der Waals surface area contributed by atoms with Gasteiger partial charge in [-0.2, -0.15) is 0 Å². The van der Waals surface area contributed by atoms with Crippen LogP contribution >= 0.6 is 23.6 Å². The summed E-state index contributed by atoms with van der Waals surface area (Å²) >= 11 is 5.94. The van der Waals surface area contributed by atoms with E-state index in [1.807, 2.05) is 0 Å². The molecule has 2 atom stereocenters. The standard InChI is InChI=1S/C21H21FN6O5S3/c1-12(17(29)25-20-26-27-21(34)35-20)23-18(30)16(11-13-5-3-2-4-6-13)24-19(31)28-36(32,33)15-9-7-14(22)8-10-15/h2-10,12,16H,11H2,1H3,(H,23,30)(H,27,34)(H2,24,28,31)(H,25,26,29)/t12-,16-/m0/s1. The van der Waals surface area contributed by atoms with Crippen molar-refractivity contribution in [3.8, 4) is 0 Å². The minimum Gasteiger partial charge on any atom is -0.343 e. The Morgan fingerprint density at radius 1 is 1.06 bits per heavy atom. The molecule has 36 heavy (non-hydrogen) atoms. The molecule has 3 aromatic rings. The van der Waals surface area contributed by atoms with E-state index in [1.165, 1.54) is 6.92 Å². The Labute approximate surface area is 214 Å². The van der Waals surface area contributed by atoms with Crippen molar-refractivity contribution in [3.05, 3.63) is 69.9 Å². The summed E-state index contributed by atoms with van der Waals surface area (Å²) in [6.07, 6.45) is 0.00573. The number of carbonyl (C=O) groups excluding carboxylic acids is 3. The molecule has 1 heterocycles. The van der Waals surface area contributed by atoms with Crippen molar-refractivity contribution in [1.82, 2.24) is 25.6 Å². The number of aromatic amines is 1. The number of hydrogen-bond acceptors (Lipinski definition) is 8. The summed E-state index contributed by atoms with van der Waals surface area (Å²) < 4.78 is 40.2. The number of aromatic nitrogens is 2. The van der Waals surface area contributed by atoms with Gasteiger partial charge in [-0.1, -0.05) is 41.7 Å². The van der Waals surface area contributed by atoms with Gasteiger partial charge in [-0.15, -0.1) is 5.10 Å². The number of amides is 4. The molecule has 0 saturated carbocycles. The Hall–Kier alpha value is -3.69. The van der Waals surface area contributed by atoms with E-state index < -0.39 is 45.8 Å². The van der Waals surface area contributed by atoms with E-state index in [9.17, 15) is 27.2 Å². The molecule has 0 aliphatic carbocycles. The largest absolute Gasteiger partial charge is 0.343 e. The number of rotatable bonds is 9. The lowest BCUT2D eigenvalue weighted by molar-refractivity contribution is -0.127. The van der Waals surface area contributed by atoms with E-state index in [-0.39, 0.29) is 16.4 Å². The minimum atomic E-state index is -4.33. The van der Waals surface area contributed by atoms with Gasteiger partial charge in [-0.25, -0.2) is 22.3 Å². The van der Waals surface area contributed by atoms with Crippen molar-refractivity contribution in [2.45, 2.75) is 30.3 Å². The zero-order valence-corrected chi connectivity index (χ0v) is 21.1. The van der Waals surface area contributed by atoms with Gasteiger partial charge in [0.25, 0.3) is 10.0 Å². The Morgan fingerprint density at radius 3 is 2.33 bits per heavy atom. The molecule has 190 valence electrons. The summed E-state index contributed by atoms with van der Waals surface area (Å²) in [5.74, 6) is -1.96. The average molecular weight is 553 g/mol. The Morgan fingerprint density at radius 2 is 1.72 bits per heavy atom. The maximum absolute atomic E-state index is 13.1. The molecule has 0 spiro atoms. The molecule has 1 aromatic heterocycles. The van der Waals surface area contributed by atoms with E-state index in [2.05, 4.69) is 26.1 Å². The third-order valence-corrected chi connectivity index (χ3v) is 7.03. The van der Waals surface area contributed by atoms with E-state index in [0.717, 1.165) is 35.6 Å². The zero-order valence-electron chi connectivity index (χ0n) is 18.6. The molecule has 0 bridgehead atoms. The summed E-state index contributed by atoms with van der Waals surface area (Å²) in [6, 6.07) is 9.09. The van der Waals surface area contributed by atoms with E-state index in [1.54, 1.807) is 35.1 Å². The van der Waals surface area contributed by atoms with Gasteiger partial charge in [-0.05, 0) is 49.0 Å². The number of H-pyrrole nitrogens is 1. The van der Waals surface area contributed by atoms with E-state index in [4.69, 9.17) is 12.2 Å². The van der Waals surface area contributed by atoms with Crippen molar-refractivity contribution in [2.24, 2.45) is 0 Å². The Kier molecular flexibility index (Phi) is 8.84. The summed E-state index contributed by atoms with van der Waals surface area (Å²) in [7, 11) is -4.33. The highest BCUT2D eigenvalue weighted by Crippen LogP contribution is 2.12. The van der Waals surface area contributed by atoms with Crippen LogP contribution in [-0.2, 0) is 26.0 Å². The fourth-order valence-electron chi connectivity index (χ4n) is 2.92. The summed E-state index contributed by atoms with van der Waals surface area (Å²) in [4.78, 5) is 37.6. The highest BCUT2D eigenvalue weighted by Gasteiger charge is 2.27. The van der Waals surface area contributed by atoms with Crippen LogP contribution < -0.4 is 20.7 Å². The summed E-state index contributed by atoms with van der Waals surface area (Å²) in [5, 5.41) is 13.9. The lowest BCUT2D eigenvalue weighted by atomic mass is 10.1. The maximum atomic E-state index is 13.1. The van der Waals surface area contributed by atoms with Gasteiger partial charge >= 0.3 is 6.03 Å². The van der Waals surface area contributed by atoms with Crippen LogP contribution in [0.5, 0.6) is 0 Å². The minimum absolute atomic E-state index is 0.00573. The van der Waals surface area contributed by atoms with Gasteiger partial charge in [0.1, 0.15) is 17.9 Å². The Balaban J connectivity index is 1.70. The predicted molar refractivity (Wildman–Crippen MR) is 133 cm³/mol. The van der Waals surface area contributed by atoms with Crippen molar-refractivity contribution < 1.29 is 27.2 Å². The lowest BCUT2D eigenvalue weighted by Gasteiger charge is -2.21. The Bertz CT molecular complexity index is 1390. The number of anilines is 1. The average Bonchev–Trinajstić information content (AvgIpc) is 3.23. The molecular formula is C21H21FN6O5S3. The molecule has 4 amide bonds. The second-order valence-corrected chi connectivity index (χ2v) is 10.8. The van der Waals surface area contributed by atoms with Crippen molar-refractivity contribution >= 4 is 56.6 Å². The van der Waals surface area contributed by atoms with Crippen molar-refractivity contribution in [2.75, 3.05) is 5.32 Å². The molecule has 0 radical (unpaired) electrons. The van der Waals surface area contributed by atoms with Crippen LogP contribution in [0, 0.1) is 9.77 Å². The molecule has 0 unspecified atom stereocenters. The van der Waals surface area contributed by atoms with Crippen LogP contribution in [0.2, 0.25) is 0 Å². The molecule has 5 N–H and O–H groups in total. The maximum Gasteiger partial charge on any atom is 0.329 e. The summed E-state index contributed by atoms with van der Waals surface area (Å²) in [5.41, 5.74) is 0.674. The second-order valence-electron chi connectivity index (χ2n) is 7.41. The number of hydrogen-bond donors (Lipinski definition) is 5. The van der Waals surface area contributed by atoms with E-state index in [0.29, 0.717) is 9.52 Å². The second kappa shape index (κ2) is 11.8. The van der Waals surface area contributed by atoms with Crippen LogP contribution in [-0.4, -0.2) is 48.5 Å². The van der Waals surface area contributed by atoms with Crippen LogP contribution in [0.3, 0.4) is 0 Å². The molecule has 0 aliphatic rings. The number of nitrogens with zero attached hydrogens (tertiary/aromatic N) is 1. The number of nitrogens with one attached hydrogen (secondary N) is 5. The quantitative estimate of drug-likeness (QED) is 0.254. The molecule has 0 aliphatic heterocycles. The van der Waals surface area contributed by atoms with Gasteiger partial charge in [0, 0.05) is 6.42 Å². The van der Waals surface area contributed by atoms with Crippen LogP contribution in [0.15, 0.2) is 59.5 Å². The number of carbonyl (C=O) groups is 3. The third kappa shape index (κ3) is 7.66. The first-order valence-electron chi connectivity index (χ1n) is 10.3. The zero-order chi connectivity index (χ0) is 26.3. The first kappa shape index (κ1) is 26.9. The molecule has 11 nitrogen and oxygen atoms in total. The van der Waals surface area contributed by atoms with E-state index >= 15 is 0 Å². The highest BCUT2D eigenvalue weighted by atomic mass is 32.2. The van der Waals surface area contributed by atoms with Gasteiger partial charge < -0.3 is 10.6 Å². The molecule has 0 fully saturated rings. The van der Waals surface area contributed by atoms with Crippen molar-refractivity contribution in [3.63, 3.8) is 0 Å². The molecule has 0 saturated heterocycles.